The number of rotatable bonds is 5. The number of nitrogens with zero attached hydrogens (tertiary/aromatic N) is 1. The van der Waals surface area contributed by atoms with E-state index in [0.29, 0.717) is 16.9 Å². The molecule has 0 spiro atoms. The van der Waals surface area contributed by atoms with E-state index < -0.39 is 16.0 Å². The molecule has 24 heavy (non-hydrogen) atoms. The lowest BCUT2D eigenvalue weighted by atomic mass is 10.1. The summed E-state index contributed by atoms with van der Waals surface area (Å²) in [5.41, 5.74) is 1.41. The molecule has 0 unspecified atom stereocenters. The first-order valence-electron chi connectivity index (χ1n) is 7.16. The summed E-state index contributed by atoms with van der Waals surface area (Å²) in [5, 5.41) is 9.27. The molecule has 0 saturated heterocycles. The first kappa shape index (κ1) is 17.8. The zero-order chi connectivity index (χ0) is 18.1. The van der Waals surface area contributed by atoms with Gasteiger partial charge in [-0.1, -0.05) is 12.1 Å². The van der Waals surface area contributed by atoms with Crippen LogP contribution in [0.5, 0.6) is 5.75 Å². The predicted molar refractivity (Wildman–Crippen MR) is 91.5 cm³/mol. The van der Waals surface area contributed by atoms with E-state index in [0.717, 1.165) is 4.31 Å². The lowest BCUT2D eigenvalue weighted by Gasteiger charge is -2.22. The highest BCUT2D eigenvalue weighted by Gasteiger charge is 2.26. The van der Waals surface area contributed by atoms with Crippen molar-refractivity contribution >= 4 is 21.7 Å². The number of hydrogen-bond donors (Lipinski definition) is 1. The number of methoxy groups -OCH3 is 1. The third kappa shape index (κ3) is 3.07. The molecular weight excluding hydrogens is 330 g/mol. The van der Waals surface area contributed by atoms with E-state index in [1.54, 1.807) is 26.0 Å². The van der Waals surface area contributed by atoms with Crippen molar-refractivity contribution in [2.75, 3.05) is 18.5 Å². The van der Waals surface area contributed by atoms with Gasteiger partial charge in [-0.05, 0) is 49.2 Å². The van der Waals surface area contributed by atoms with Gasteiger partial charge in [0.1, 0.15) is 5.75 Å². The fraction of sp³-hybridized carbons (Fsp3) is 0.235. The Labute approximate surface area is 141 Å². The molecule has 0 fully saturated rings. The summed E-state index contributed by atoms with van der Waals surface area (Å²) in [7, 11) is -1.04. The molecule has 7 heteroatoms. The summed E-state index contributed by atoms with van der Waals surface area (Å²) in [4.78, 5) is 11.4. The molecule has 1 N–H and O–H groups in total. The molecule has 2 aromatic rings. The van der Waals surface area contributed by atoms with Crippen LogP contribution >= 0.6 is 0 Å². The highest BCUT2D eigenvalue weighted by molar-refractivity contribution is 7.92. The average molecular weight is 349 g/mol. The van der Waals surface area contributed by atoms with Crippen molar-refractivity contribution in [1.29, 1.82) is 0 Å². The van der Waals surface area contributed by atoms with E-state index in [1.165, 1.54) is 38.4 Å². The number of benzene rings is 2. The zero-order valence-corrected chi connectivity index (χ0v) is 14.7. The number of para-hydroxylation sites is 1. The number of sulfonamides is 1. The van der Waals surface area contributed by atoms with Gasteiger partial charge in [0.25, 0.3) is 10.0 Å². The summed E-state index contributed by atoms with van der Waals surface area (Å²) < 4.78 is 32.0. The lowest BCUT2D eigenvalue weighted by Crippen LogP contribution is -2.28. The van der Waals surface area contributed by atoms with Gasteiger partial charge in [0.2, 0.25) is 0 Å². The van der Waals surface area contributed by atoms with Gasteiger partial charge in [-0.15, -0.1) is 0 Å². The molecule has 0 aliphatic rings. The number of ether oxygens (including phenoxy) is 1. The fourth-order valence-corrected chi connectivity index (χ4v) is 3.98. The number of carboxylic acid groups (broad SMARTS) is 1. The summed E-state index contributed by atoms with van der Waals surface area (Å²) in [6, 6.07) is 9.01. The van der Waals surface area contributed by atoms with Gasteiger partial charge in [-0.2, -0.15) is 0 Å². The van der Waals surface area contributed by atoms with Crippen LogP contribution in [-0.2, 0) is 10.0 Å². The second-order valence-corrected chi connectivity index (χ2v) is 7.35. The zero-order valence-electron chi connectivity index (χ0n) is 13.9. The largest absolute Gasteiger partial charge is 0.496 e. The highest BCUT2D eigenvalue weighted by atomic mass is 32.2. The van der Waals surface area contributed by atoms with Crippen LogP contribution < -0.4 is 9.04 Å². The van der Waals surface area contributed by atoms with E-state index in [-0.39, 0.29) is 16.1 Å². The third-order valence-electron chi connectivity index (χ3n) is 3.77. The monoisotopic (exact) mass is 349 g/mol. The highest BCUT2D eigenvalue weighted by Crippen LogP contribution is 2.30. The van der Waals surface area contributed by atoms with Crippen LogP contribution in [0, 0.1) is 13.8 Å². The van der Waals surface area contributed by atoms with Crippen molar-refractivity contribution in [1.82, 2.24) is 0 Å². The van der Waals surface area contributed by atoms with E-state index in [2.05, 4.69) is 0 Å². The number of hydrogen-bond acceptors (Lipinski definition) is 4. The molecule has 128 valence electrons. The molecule has 0 saturated carbocycles. The molecule has 0 aliphatic carbocycles. The van der Waals surface area contributed by atoms with Crippen LogP contribution in [0.15, 0.2) is 41.3 Å². The summed E-state index contributed by atoms with van der Waals surface area (Å²) in [6.45, 7) is 3.52. The standard InChI is InChI=1S/C17H19NO5S/c1-11-9-13(10-12(2)16(11)23-4)24(21,22)18(3)15-8-6-5-7-14(15)17(19)20/h5-10H,1-4H3,(H,19,20). The quantitative estimate of drug-likeness (QED) is 0.897. The number of anilines is 1. The van der Waals surface area contributed by atoms with Crippen molar-refractivity contribution < 1.29 is 23.1 Å². The number of aryl methyl sites for hydroxylation is 2. The van der Waals surface area contributed by atoms with E-state index in [9.17, 15) is 18.3 Å². The molecule has 2 rings (SSSR count). The maximum atomic E-state index is 12.9. The Bertz CT molecular complexity index is 867. The molecule has 0 aromatic heterocycles. The molecule has 0 radical (unpaired) electrons. The lowest BCUT2D eigenvalue weighted by molar-refractivity contribution is 0.0698. The Morgan fingerprint density at radius 2 is 1.67 bits per heavy atom. The Morgan fingerprint density at radius 1 is 1.12 bits per heavy atom. The predicted octanol–water partition coefficient (Wildman–Crippen LogP) is 2.84. The van der Waals surface area contributed by atoms with Gasteiger partial charge in [-0.25, -0.2) is 13.2 Å². The first-order valence-corrected chi connectivity index (χ1v) is 8.60. The van der Waals surface area contributed by atoms with Gasteiger partial charge in [0.05, 0.1) is 23.3 Å². The van der Waals surface area contributed by atoms with Crippen molar-refractivity contribution in [2.45, 2.75) is 18.7 Å². The second-order valence-electron chi connectivity index (χ2n) is 5.39. The van der Waals surface area contributed by atoms with Gasteiger partial charge in [0, 0.05) is 7.05 Å². The Hall–Kier alpha value is -2.54. The number of aromatic carboxylic acids is 1. The van der Waals surface area contributed by atoms with Crippen LogP contribution in [0.25, 0.3) is 0 Å². The fourth-order valence-electron chi connectivity index (χ4n) is 2.60. The Balaban J connectivity index is 2.58. The van der Waals surface area contributed by atoms with E-state index >= 15 is 0 Å². The maximum Gasteiger partial charge on any atom is 0.337 e. The summed E-state index contributed by atoms with van der Waals surface area (Å²) >= 11 is 0. The maximum absolute atomic E-state index is 12.9. The minimum absolute atomic E-state index is 0.0782. The van der Waals surface area contributed by atoms with Crippen LogP contribution in [0.2, 0.25) is 0 Å². The number of carbonyl (C=O) groups is 1. The minimum Gasteiger partial charge on any atom is -0.496 e. The van der Waals surface area contributed by atoms with Crippen molar-refractivity contribution in [3.05, 3.63) is 53.1 Å². The molecular formula is C17H19NO5S. The SMILES string of the molecule is COc1c(C)cc(S(=O)(=O)N(C)c2ccccc2C(=O)O)cc1C. The normalized spacial score (nSPS) is 11.2. The first-order chi connectivity index (χ1) is 11.2. The van der Waals surface area contributed by atoms with E-state index in [4.69, 9.17) is 4.74 Å². The number of carboxylic acids is 1. The molecule has 0 amide bonds. The van der Waals surface area contributed by atoms with Gasteiger partial charge in [0.15, 0.2) is 0 Å². The molecule has 2 aromatic carbocycles. The molecule has 0 heterocycles. The molecule has 6 nitrogen and oxygen atoms in total. The van der Waals surface area contributed by atoms with Crippen LogP contribution in [0.3, 0.4) is 0 Å². The molecule has 0 bridgehead atoms. The van der Waals surface area contributed by atoms with Crippen LogP contribution in [0.4, 0.5) is 5.69 Å². The minimum atomic E-state index is -3.90. The van der Waals surface area contributed by atoms with Crippen LogP contribution in [0.1, 0.15) is 21.5 Å². The molecule has 0 atom stereocenters. The van der Waals surface area contributed by atoms with Crippen molar-refractivity contribution in [2.24, 2.45) is 0 Å². The van der Waals surface area contributed by atoms with Gasteiger partial charge >= 0.3 is 5.97 Å². The summed E-state index contributed by atoms with van der Waals surface area (Å²) in [5.74, 6) is -0.558. The van der Waals surface area contributed by atoms with Crippen molar-refractivity contribution in [3.63, 3.8) is 0 Å². The van der Waals surface area contributed by atoms with Gasteiger partial charge in [-0.3, -0.25) is 4.31 Å². The third-order valence-corrected chi connectivity index (χ3v) is 5.52. The van der Waals surface area contributed by atoms with Gasteiger partial charge < -0.3 is 9.84 Å². The second kappa shape index (κ2) is 6.52. The average Bonchev–Trinajstić information content (AvgIpc) is 2.53. The Morgan fingerprint density at radius 3 is 2.17 bits per heavy atom. The van der Waals surface area contributed by atoms with Crippen LogP contribution in [-0.4, -0.2) is 33.7 Å². The van der Waals surface area contributed by atoms with Crippen molar-refractivity contribution in [3.8, 4) is 5.75 Å². The summed E-state index contributed by atoms with van der Waals surface area (Å²) in [6.07, 6.45) is 0. The van der Waals surface area contributed by atoms with E-state index in [1.807, 2.05) is 0 Å². The molecule has 0 aliphatic heterocycles. The Kier molecular flexibility index (Phi) is 4.84. The smallest absolute Gasteiger partial charge is 0.337 e. The topological polar surface area (TPSA) is 83.9 Å².